The highest BCUT2D eigenvalue weighted by Gasteiger charge is 2.21. The monoisotopic (exact) mass is 149 g/mol. The Balaban J connectivity index is 2.39. The fraction of sp³-hybridized carbons (Fsp3) is 0.375. The zero-order valence-corrected chi connectivity index (χ0v) is 6.25. The number of nitrogens with one attached hydrogen (secondary N) is 1. The van der Waals surface area contributed by atoms with Gasteiger partial charge in [0.05, 0.1) is 0 Å². The molecule has 3 heteroatoms. The molecule has 58 valence electrons. The third-order valence-corrected chi connectivity index (χ3v) is 2.17. The summed E-state index contributed by atoms with van der Waals surface area (Å²) in [4.78, 5) is 4.26. The van der Waals surface area contributed by atoms with Crippen LogP contribution in [0.25, 0.3) is 0 Å². The van der Waals surface area contributed by atoms with Crippen LogP contribution in [-0.2, 0) is 6.42 Å². The summed E-state index contributed by atoms with van der Waals surface area (Å²) < 4.78 is 0. The van der Waals surface area contributed by atoms with Crippen LogP contribution in [0.3, 0.4) is 0 Å². The van der Waals surface area contributed by atoms with Crippen molar-refractivity contribution in [2.45, 2.75) is 18.9 Å². The van der Waals surface area contributed by atoms with Crippen LogP contribution < -0.4 is 11.3 Å². The molecule has 1 atom stereocenters. The normalized spacial score (nSPS) is 21.7. The molecule has 0 saturated heterocycles. The molecule has 11 heavy (non-hydrogen) atoms. The lowest BCUT2D eigenvalue weighted by Gasteiger charge is -2.07. The average molecular weight is 149 g/mol. The molecule has 0 aromatic carbocycles. The molecule has 0 bridgehead atoms. The van der Waals surface area contributed by atoms with E-state index >= 15 is 0 Å². The Bertz CT molecular complexity index is 259. The molecular formula is C8H11N3. The predicted molar refractivity (Wildman–Crippen MR) is 42.6 cm³/mol. The van der Waals surface area contributed by atoms with Crippen LogP contribution in [0.1, 0.15) is 23.7 Å². The maximum atomic E-state index is 5.37. The number of aryl methyl sites for hydroxylation is 1. The number of hydrogen-bond acceptors (Lipinski definition) is 3. The Labute approximate surface area is 65.6 Å². The number of hydrogen-bond donors (Lipinski definition) is 2. The largest absolute Gasteiger partial charge is 0.271 e. The van der Waals surface area contributed by atoms with Crippen molar-refractivity contribution in [3.63, 3.8) is 0 Å². The first-order valence-corrected chi connectivity index (χ1v) is 3.81. The highest BCUT2D eigenvalue weighted by molar-refractivity contribution is 5.28. The van der Waals surface area contributed by atoms with Crippen LogP contribution in [0.5, 0.6) is 0 Å². The molecule has 0 fully saturated rings. The standard InChI is InChI=1S/C8H11N3/c9-11-8-4-3-7-6(8)2-1-5-10-7/h1-2,5,8,11H,3-4,9H2/t8-/m0/s1. The molecule has 1 aromatic rings. The van der Waals surface area contributed by atoms with Crippen molar-refractivity contribution < 1.29 is 0 Å². The van der Waals surface area contributed by atoms with Crippen LogP contribution in [-0.4, -0.2) is 4.98 Å². The number of nitrogens with two attached hydrogens (primary N) is 1. The van der Waals surface area contributed by atoms with Crippen LogP contribution in [0.15, 0.2) is 18.3 Å². The number of rotatable bonds is 1. The second-order valence-corrected chi connectivity index (χ2v) is 2.80. The maximum Gasteiger partial charge on any atom is 0.0481 e. The molecule has 0 unspecified atom stereocenters. The summed E-state index contributed by atoms with van der Waals surface area (Å²) >= 11 is 0. The Morgan fingerprint density at radius 3 is 3.36 bits per heavy atom. The second-order valence-electron chi connectivity index (χ2n) is 2.80. The topological polar surface area (TPSA) is 50.9 Å². The Kier molecular flexibility index (Phi) is 1.60. The van der Waals surface area contributed by atoms with E-state index in [1.807, 2.05) is 12.3 Å². The van der Waals surface area contributed by atoms with E-state index in [1.165, 1.54) is 11.3 Å². The highest BCUT2D eigenvalue weighted by Crippen LogP contribution is 2.27. The summed E-state index contributed by atoms with van der Waals surface area (Å²) in [7, 11) is 0. The molecular weight excluding hydrogens is 138 g/mol. The van der Waals surface area contributed by atoms with Crippen molar-refractivity contribution in [1.82, 2.24) is 10.4 Å². The van der Waals surface area contributed by atoms with Crippen molar-refractivity contribution in [2.75, 3.05) is 0 Å². The van der Waals surface area contributed by atoms with Gasteiger partial charge < -0.3 is 0 Å². The van der Waals surface area contributed by atoms with E-state index < -0.39 is 0 Å². The quantitative estimate of drug-likeness (QED) is 0.452. The van der Waals surface area contributed by atoms with E-state index in [2.05, 4.69) is 16.5 Å². The average Bonchev–Trinajstić information content (AvgIpc) is 2.47. The van der Waals surface area contributed by atoms with Crippen LogP contribution in [0, 0.1) is 0 Å². The van der Waals surface area contributed by atoms with Crippen molar-refractivity contribution >= 4 is 0 Å². The van der Waals surface area contributed by atoms with E-state index in [-0.39, 0.29) is 0 Å². The maximum absolute atomic E-state index is 5.37. The summed E-state index contributed by atoms with van der Waals surface area (Å²) in [6, 6.07) is 4.35. The molecule has 3 N–H and O–H groups in total. The summed E-state index contributed by atoms with van der Waals surface area (Å²) in [5.41, 5.74) is 5.23. The van der Waals surface area contributed by atoms with Gasteiger partial charge in [0.1, 0.15) is 0 Å². The van der Waals surface area contributed by atoms with E-state index in [0.29, 0.717) is 6.04 Å². The van der Waals surface area contributed by atoms with Gasteiger partial charge in [-0.05, 0) is 24.5 Å². The Hall–Kier alpha value is -0.930. The van der Waals surface area contributed by atoms with Gasteiger partial charge in [-0.1, -0.05) is 6.07 Å². The molecule has 1 heterocycles. The summed E-state index contributed by atoms with van der Waals surface area (Å²) in [6.07, 6.45) is 3.95. The van der Waals surface area contributed by atoms with Gasteiger partial charge in [-0.15, -0.1) is 0 Å². The molecule has 0 spiro atoms. The van der Waals surface area contributed by atoms with E-state index in [1.54, 1.807) is 0 Å². The molecule has 1 aliphatic rings. The molecule has 0 aliphatic heterocycles. The number of aromatic nitrogens is 1. The van der Waals surface area contributed by atoms with E-state index in [0.717, 1.165) is 12.8 Å². The van der Waals surface area contributed by atoms with E-state index in [4.69, 9.17) is 5.84 Å². The summed E-state index contributed by atoms with van der Waals surface area (Å²) in [6.45, 7) is 0. The van der Waals surface area contributed by atoms with Gasteiger partial charge in [0.15, 0.2) is 0 Å². The van der Waals surface area contributed by atoms with Gasteiger partial charge in [0.2, 0.25) is 0 Å². The summed E-state index contributed by atoms with van der Waals surface area (Å²) in [5, 5.41) is 0. The smallest absolute Gasteiger partial charge is 0.0481 e. The minimum absolute atomic E-state index is 0.318. The van der Waals surface area contributed by atoms with Gasteiger partial charge in [-0.3, -0.25) is 16.3 Å². The lowest BCUT2D eigenvalue weighted by molar-refractivity contribution is 0.551. The Morgan fingerprint density at radius 1 is 1.64 bits per heavy atom. The van der Waals surface area contributed by atoms with Gasteiger partial charge in [-0.2, -0.15) is 0 Å². The number of nitrogens with zero attached hydrogens (tertiary/aromatic N) is 1. The number of hydrazine groups is 1. The first-order valence-electron chi connectivity index (χ1n) is 3.81. The third kappa shape index (κ3) is 1.02. The summed E-state index contributed by atoms with van der Waals surface area (Å²) in [5.74, 6) is 5.37. The fourth-order valence-electron chi connectivity index (χ4n) is 1.59. The predicted octanol–water partition coefficient (Wildman–Crippen LogP) is 0.532. The molecule has 3 nitrogen and oxygen atoms in total. The molecule has 2 rings (SSSR count). The minimum Gasteiger partial charge on any atom is -0.271 e. The lowest BCUT2D eigenvalue weighted by atomic mass is 10.2. The third-order valence-electron chi connectivity index (χ3n) is 2.17. The van der Waals surface area contributed by atoms with Gasteiger partial charge in [0.25, 0.3) is 0 Å². The van der Waals surface area contributed by atoms with Crippen molar-refractivity contribution in [3.05, 3.63) is 29.6 Å². The fourth-order valence-corrected chi connectivity index (χ4v) is 1.59. The van der Waals surface area contributed by atoms with Gasteiger partial charge in [-0.25, -0.2) is 0 Å². The van der Waals surface area contributed by atoms with Crippen molar-refractivity contribution in [3.8, 4) is 0 Å². The Morgan fingerprint density at radius 2 is 2.55 bits per heavy atom. The highest BCUT2D eigenvalue weighted by atomic mass is 15.2. The first-order chi connectivity index (χ1) is 5.42. The van der Waals surface area contributed by atoms with Crippen LogP contribution >= 0.6 is 0 Å². The second kappa shape index (κ2) is 2.60. The first kappa shape index (κ1) is 6.76. The zero-order valence-electron chi connectivity index (χ0n) is 6.25. The molecule has 0 saturated carbocycles. The number of fused-ring (bicyclic) bond motifs is 1. The van der Waals surface area contributed by atoms with Crippen molar-refractivity contribution in [1.29, 1.82) is 0 Å². The van der Waals surface area contributed by atoms with Gasteiger partial charge in [0, 0.05) is 17.9 Å². The minimum atomic E-state index is 0.318. The van der Waals surface area contributed by atoms with Crippen LogP contribution in [0.2, 0.25) is 0 Å². The van der Waals surface area contributed by atoms with Crippen LogP contribution in [0.4, 0.5) is 0 Å². The SMILES string of the molecule is NN[C@H]1CCc2ncccc21. The molecule has 1 aromatic heterocycles. The lowest BCUT2D eigenvalue weighted by Crippen LogP contribution is -2.26. The molecule has 0 amide bonds. The van der Waals surface area contributed by atoms with Gasteiger partial charge >= 0.3 is 0 Å². The molecule has 1 aliphatic carbocycles. The molecule has 0 radical (unpaired) electrons. The van der Waals surface area contributed by atoms with Crippen molar-refractivity contribution in [2.24, 2.45) is 5.84 Å². The number of pyridine rings is 1. The zero-order chi connectivity index (χ0) is 7.68. The van der Waals surface area contributed by atoms with E-state index in [9.17, 15) is 0 Å².